The van der Waals surface area contributed by atoms with Crippen molar-refractivity contribution >= 4 is 23.6 Å². The molecule has 0 atom stereocenters. The van der Waals surface area contributed by atoms with Crippen molar-refractivity contribution in [3.63, 3.8) is 0 Å². The number of benzene rings is 1. The summed E-state index contributed by atoms with van der Waals surface area (Å²) in [5.74, 6) is 0.376. The van der Waals surface area contributed by atoms with Crippen molar-refractivity contribution in [2.24, 2.45) is 5.92 Å². The largest absolute Gasteiger partial charge is 0.350 e. The lowest BCUT2D eigenvalue weighted by atomic mass is 9.96. The van der Waals surface area contributed by atoms with Gasteiger partial charge in [-0.2, -0.15) is 5.10 Å². The summed E-state index contributed by atoms with van der Waals surface area (Å²) in [6, 6.07) is 8.31. The van der Waals surface area contributed by atoms with Crippen LogP contribution in [0.15, 0.2) is 30.3 Å². The Morgan fingerprint density at radius 3 is 2.50 bits per heavy atom. The quantitative estimate of drug-likeness (QED) is 0.678. The number of carbonyl (C=O) groups is 1. The van der Waals surface area contributed by atoms with Gasteiger partial charge in [0, 0.05) is 30.6 Å². The zero-order valence-electron chi connectivity index (χ0n) is 17.5. The molecule has 0 unspecified atom stereocenters. The number of carbonyl (C=O) groups excluding carboxylic acids is 1. The highest BCUT2D eigenvalue weighted by Gasteiger charge is 2.31. The highest BCUT2D eigenvalue weighted by Crippen LogP contribution is 2.26. The molecule has 1 aromatic heterocycles. The molecule has 7 heteroatoms. The van der Waals surface area contributed by atoms with E-state index in [0.717, 1.165) is 42.8 Å². The molecule has 2 fully saturated rings. The second kappa shape index (κ2) is 9.33. The predicted octanol–water partition coefficient (Wildman–Crippen LogP) is 3.83. The summed E-state index contributed by atoms with van der Waals surface area (Å²) in [4.78, 5) is 14.5. The molecule has 2 aliphatic heterocycles. The average molecular weight is 430 g/mol. The van der Waals surface area contributed by atoms with Crippen molar-refractivity contribution in [1.29, 1.82) is 0 Å². The van der Waals surface area contributed by atoms with E-state index in [9.17, 15) is 4.79 Å². The number of aryl methyl sites for hydroxylation is 2. The molecule has 1 aromatic carbocycles. The number of piperidine rings is 1. The monoisotopic (exact) mass is 429 g/mol. The van der Waals surface area contributed by atoms with E-state index in [4.69, 9.17) is 21.1 Å². The van der Waals surface area contributed by atoms with Gasteiger partial charge < -0.3 is 14.4 Å². The first-order valence-corrected chi connectivity index (χ1v) is 10.9. The fourth-order valence-corrected chi connectivity index (χ4v) is 4.33. The molecule has 160 valence electrons. The van der Waals surface area contributed by atoms with E-state index < -0.39 is 0 Å². The normalized spacial score (nSPS) is 18.6. The fraction of sp³-hybridized carbons (Fsp3) is 0.478. The van der Waals surface area contributed by atoms with Gasteiger partial charge in [-0.05, 0) is 38.3 Å². The van der Waals surface area contributed by atoms with Crippen molar-refractivity contribution in [2.75, 3.05) is 26.3 Å². The lowest BCUT2D eigenvalue weighted by Gasteiger charge is -2.33. The van der Waals surface area contributed by atoms with Gasteiger partial charge in [-0.15, -0.1) is 0 Å². The van der Waals surface area contributed by atoms with Crippen LogP contribution >= 0.6 is 11.6 Å². The van der Waals surface area contributed by atoms with Crippen LogP contribution in [0.4, 0.5) is 0 Å². The van der Waals surface area contributed by atoms with Gasteiger partial charge in [0.05, 0.1) is 25.5 Å². The molecule has 6 nitrogen and oxygen atoms in total. The molecule has 0 spiro atoms. The topological polar surface area (TPSA) is 56.6 Å². The second-order valence-corrected chi connectivity index (χ2v) is 8.40. The first kappa shape index (κ1) is 21.1. The zero-order valence-corrected chi connectivity index (χ0v) is 18.3. The molecule has 2 aromatic rings. The molecule has 0 saturated carbocycles. The minimum Gasteiger partial charge on any atom is -0.350 e. The molecule has 2 aliphatic rings. The van der Waals surface area contributed by atoms with E-state index in [1.54, 1.807) is 16.8 Å². The van der Waals surface area contributed by atoms with Crippen LogP contribution in [0, 0.1) is 19.8 Å². The lowest BCUT2D eigenvalue weighted by Crippen LogP contribution is -2.40. The van der Waals surface area contributed by atoms with Crippen LogP contribution < -0.4 is 0 Å². The van der Waals surface area contributed by atoms with Gasteiger partial charge in [-0.3, -0.25) is 4.79 Å². The van der Waals surface area contributed by atoms with Crippen molar-refractivity contribution in [3.05, 3.63) is 57.9 Å². The maximum Gasteiger partial charge on any atom is 0.246 e. The highest BCUT2D eigenvalue weighted by atomic mass is 35.5. The van der Waals surface area contributed by atoms with E-state index in [2.05, 4.69) is 36.3 Å². The van der Waals surface area contributed by atoms with Gasteiger partial charge in [0.25, 0.3) is 0 Å². The van der Waals surface area contributed by atoms with Crippen LogP contribution in [0.3, 0.4) is 0 Å². The summed E-state index contributed by atoms with van der Waals surface area (Å²) < 4.78 is 13.0. The van der Waals surface area contributed by atoms with E-state index in [1.807, 2.05) is 11.8 Å². The maximum absolute atomic E-state index is 12.7. The van der Waals surface area contributed by atoms with Crippen LogP contribution in [0.25, 0.3) is 6.08 Å². The fourth-order valence-electron chi connectivity index (χ4n) is 4.03. The van der Waals surface area contributed by atoms with Gasteiger partial charge >= 0.3 is 0 Å². The third-order valence-electron chi connectivity index (χ3n) is 5.84. The van der Waals surface area contributed by atoms with E-state index in [-0.39, 0.29) is 12.2 Å². The van der Waals surface area contributed by atoms with Crippen molar-refractivity contribution < 1.29 is 14.3 Å². The number of aromatic nitrogens is 2. The van der Waals surface area contributed by atoms with Gasteiger partial charge in [0.2, 0.25) is 5.91 Å². The average Bonchev–Trinajstić information content (AvgIpc) is 3.37. The second-order valence-electron chi connectivity index (χ2n) is 8.04. The number of hydrogen-bond donors (Lipinski definition) is 0. The molecular formula is C23H28ClN3O3. The Morgan fingerprint density at radius 2 is 1.83 bits per heavy atom. The first-order valence-electron chi connectivity index (χ1n) is 10.5. The minimum absolute atomic E-state index is 0.00320. The third-order valence-corrected chi connectivity index (χ3v) is 6.24. The Morgan fingerprint density at radius 1 is 1.17 bits per heavy atom. The molecular weight excluding hydrogens is 402 g/mol. The van der Waals surface area contributed by atoms with Crippen LogP contribution in [-0.2, 0) is 20.8 Å². The number of rotatable bonds is 5. The molecule has 2 saturated heterocycles. The standard InChI is InChI=1S/C23H28ClN3O3/c1-16-3-5-18(6-4-16)15-27-22(24)20(17(2)25-27)7-8-21(28)26-11-9-19(10-12-26)23-29-13-14-30-23/h3-8,19,23H,9-15H2,1-2H3/b8-7+. The van der Waals surface area contributed by atoms with E-state index in [1.165, 1.54) is 5.56 Å². The summed E-state index contributed by atoms with van der Waals surface area (Å²) in [6.45, 7) is 7.35. The predicted molar refractivity (Wildman–Crippen MR) is 116 cm³/mol. The SMILES string of the molecule is Cc1ccc(Cn2nc(C)c(/C=C/C(=O)N3CCC(C4OCCO4)CC3)c2Cl)cc1. The van der Waals surface area contributed by atoms with E-state index >= 15 is 0 Å². The Hall–Kier alpha value is -2.15. The number of halogens is 1. The Balaban J connectivity index is 1.37. The first-order chi connectivity index (χ1) is 14.5. The number of nitrogens with zero attached hydrogens (tertiary/aromatic N) is 3. The number of ether oxygens (including phenoxy) is 2. The molecule has 3 heterocycles. The van der Waals surface area contributed by atoms with Crippen LogP contribution in [0.2, 0.25) is 5.15 Å². The number of amides is 1. The van der Waals surface area contributed by atoms with Crippen molar-refractivity contribution in [3.8, 4) is 0 Å². The van der Waals surface area contributed by atoms with Gasteiger partial charge in [-0.25, -0.2) is 4.68 Å². The number of likely N-dealkylation sites (tertiary alicyclic amines) is 1. The molecule has 30 heavy (non-hydrogen) atoms. The molecule has 4 rings (SSSR count). The number of hydrogen-bond acceptors (Lipinski definition) is 4. The Labute approximate surface area is 182 Å². The van der Waals surface area contributed by atoms with Gasteiger partial charge in [-0.1, -0.05) is 41.4 Å². The van der Waals surface area contributed by atoms with Gasteiger partial charge in [0.1, 0.15) is 5.15 Å². The molecule has 0 radical (unpaired) electrons. The summed E-state index contributed by atoms with van der Waals surface area (Å²) in [6.07, 6.45) is 5.10. The molecule has 1 amide bonds. The van der Waals surface area contributed by atoms with Crippen molar-refractivity contribution in [1.82, 2.24) is 14.7 Å². The molecule has 0 aliphatic carbocycles. The smallest absolute Gasteiger partial charge is 0.246 e. The summed E-state index contributed by atoms with van der Waals surface area (Å²) >= 11 is 6.57. The Bertz CT molecular complexity index is 909. The summed E-state index contributed by atoms with van der Waals surface area (Å²) in [7, 11) is 0. The van der Waals surface area contributed by atoms with Crippen LogP contribution in [-0.4, -0.2) is 53.2 Å². The van der Waals surface area contributed by atoms with Crippen LogP contribution in [0.1, 0.15) is 35.2 Å². The van der Waals surface area contributed by atoms with Crippen LogP contribution in [0.5, 0.6) is 0 Å². The highest BCUT2D eigenvalue weighted by molar-refractivity contribution is 6.31. The Kier molecular flexibility index (Phi) is 6.56. The van der Waals surface area contributed by atoms with Crippen molar-refractivity contribution in [2.45, 2.75) is 39.5 Å². The van der Waals surface area contributed by atoms with E-state index in [0.29, 0.717) is 30.8 Å². The molecule has 0 bridgehead atoms. The third kappa shape index (κ3) is 4.77. The summed E-state index contributed by atoms with van der Waals surface area (Å²) in [5.41, 5.74) is 3.95. The lowest BCUT2D eigenvalue weighted by molar-refractivity contribution is -0.131. The minimum atomic E-state index is -0.0985. The maximum atomic E-state index is 12.7. The zero-order chi connectivity index (χ0) is 21.1. The van der Waals surface area contributed by atoms with Gasteiger partial charge in [0.15, 0.2) is 6.29 Å². The summed E-state index contributed by atoms with van der Waals surface area (Å²) in [5, 5.41) is 5.10. The molecule has 0 N–H and O–H groups in total.